The van der Waals surface area contributed by atoms with E-state index < -0.39 is 0 Å². The average molecular weight is 350 g/mol. The van der Waals surface area contributed by atoms with Crippen molar-refractivity contribution in [3.63, 3.8) is 0 Å². The maximum atomic E-state index is 9.87. The number of likely N-dealkylation sites (tertiary alicyclic amines) is 1. The summed E-state index contributed by atoms with van der Waals surface area (Å²) in [7, 11) is 2.22. The number of aryl methyl sites for hydroxylation is 1. The van der Waals surface area contributed by atoms with Crippen LogP contribution in [0.25, 0.3) is 0 Å². The van der Waals surface area contributed by atoms with Crippen LogP contribution in [-0.2, 0) is 13.1 Å². The number of aliphatic hydroxyl groups excluding tert-OH is 1. The van der Waals surface area contributed by atoms with Crippen LogP contribution in [0.2, 0.25) is 0 Å². The lowest BCUT2D eigenvalue weighted by Gasteiger charge is -2.26. The average Bonchev–Trinajstić information content (AvgIpc) is 3.13. The Morgan fingerprint density at radius 3 is 2.76 bits per heavy atom. The first-order valence-electron chi connectivity index (χ1n) is 9.93. The molecular formula is C19H35N5O. The van der Waals surface area contributed by atoms with E-state index in [9.17, 15) is 5.11 Å². The molecule has 2 atom stereocenters. The molecular weight excluding hydrogens is 314 g/mol. The first kappa shape index (κ1) is 18.8. The van der Waals surface area contributed by atoms with E-state index in [2.05, 4.69) is 44.4 Å². The number of hydrogen-bond acceptors (Lipinski definition) is 5. The topological polar surface area (TPSA) is 47.8 Å². The Labute approximate surface area is 152 Å². The molecule has 0 unspecified atom stereocenters. The molecule has 2 aliphatic rings. The Hall–Kier alpha value is -0.950. The predicted molar refractivity (Wildman–Crippen MR) is 100 cm³/mol. The fraction of sp³-hybridized carbons (Fsp3) is 0.842. The van der Waals surface area contributed by atoms with E-state index in [0.717, 1.165) is 58.1 Å². The van der Waals surface area contributed by atoms with Gasteiger partial charge in [-0.05, 0) is 44.8 Å². The van der Waals surface area contributed by atoms with Crippen LogP contribution >= 0.6 is 0 Å². The second kappa shape index (κ2) is 9.12. The minimum Gasteiger partial charge on any atom is -0.396 e. The standard InChI is InChI=1S/C19H35N5O/c1-3-6-24-9-5-20-19(24)15-23-13-17(18(14-23)16-25)12-22-8-4-7-21(2)10-11-22/h5,9,17-18,25H,3-4,6-8,10-16H2,1-2H3/t17-,18-/m1/s1. The molecule has 1 aromatic heterocycles. The molecule has 0 amide bonds. The van der Waals surface area contributed by atoms with Crippen LogP contribution in [0.4, 0.5) is 0 Å². The van der Waals surface area contributed by atoms with Crippen molar-refractivity contribution in [1.82, 2.24) is 24.3 Å². The lowest BCUT2D eigenvalue weighted by molar-refractivity contribution is 0.165. The second-order valence-electron chi connectivity index (χ2n) is 7.89. The molecule has 6 nitrogen and oxygen atoms in total. The molecule has 2 fully saturated rings. The minimum atomic E-state index is 0.304. The molecule has 25 heavy (non-hydrogen) atoms. The van der Waals surface area contributed by atoms with Crippen LogP contribution in [0.15, 0.2) is 12.4 Å². The smallest absolute Gasteiger partial charge is 0.122 e. The molecule has 0 bridgehead atoms. The highest BCUT2D eigenvalue weighted by Gasteiger charge is 2.34. The van der Waals surface area contributed by atoms with E-state index in [1.807, 2.05) is 6.20 Å². The quantitative estimate of drug-likeness (QED) is 0.795. The van der Waals surface area contributed by atoms with Crippen molar-refractivity contribution in [2.24, 2.45) is 11.8 Å². The highest BCUT2D eigenvalue weighted by Crippen LogP contribution is 2.26. The highest BCUT2D eigenvalue weighted by atomic mass is 16.3. The third-order valence-corrected chi connectivity index (χ3v) is 5.82. The van der Waals surface area contributed by atoms with E-state index in [1.165, 1.54) is 19.5 Å². The third-order valence-electron chi connectivity index (χ3n) is 5.82. The van der Waals surface area contributed by atoms with Crippen molar-refractivity contribution >= 4 is 0 Å². The van der Waals surface area contributed by atoms with Gasteiger partial charge in [0, 0.05) is 58.3 Å². The lowest BCUT2D eigenvalue weighted by atomic mass is 9.96. The Morgan fingerprint density at radius 2 is 1.96 bits per heavy atom. The van der Waals surface area contributed by atoms with E-state index in [-0.39, 0.29) is 0 Å². The largest absolute Gasteiger partial charge is 0.396 e. The highest BCUT2D eigenvalue weighted by molar-refractivity contribution is 4.95. The van der Waals surface area contributed by atoms with E-state index >= 15 is 0 Å². The molecule has 2 aliphatic heterocycles. The Bertz CT molecular complexity index is 520. The Morgan fingerprint density at radius 1 is 1.12 bits per heavy atom. The fourth-order valence-electron chi connectivity index (χ4n) is 4.33. The molecule has 0 saturated carbocycles. The summed E-state index contributed by atoms with van der Waals surface area (Å²) in [4.78, 5) is 12.1. The summed E-state index contributed by atoms with van der Waals surface area (Å²) in [6.45, 7) is 12.4. The number of aliphatic hydroxyl groups is 1. The lowest BCUT2D eigenvalue weighted by Crippen LogP contribution is -2.36. The molecule has 0 aromatic carbocycles. The van der Waals surface area contributed by atoms with Crippen LogP contribution in [0.5, 0.6) is 0 Å². The summed E-state index contributed by atoms with van der Waals surface area (Å²) >= 11 is 0. The van der Waals surface area contributed by atoms with Gasteiger partial charge in [0.2, 0.25) is 0 Å². The zero-order valence-corrected chi connectivity index (χ0v) is 16.0. The Kier molecular flexibility index (Phi) is 6.87. The molecule has 0 spiro atoms. The van der Waals surface area contributed by atoms with Gasteiger partial charge in [0.1, 0.15) is 5.82 Å². The van der Waals surface area contributed by atoms with Crippen molar-refractivity contribution in [1.29, 1.82) is 0 Å². The number of imidazole rings is 1. The summed E-state index contributed by atoms with van der Waals surface area (Å²) in [6, 6.07) is 0. The number of aromatic nitrogens is 2. The predicted octanol–water partition coefficient (Wildman–Crippen LogP) is 0.971. The Balaban J connectivity index is 1.55. The minimum absolute atomic E-state index is 0.304. The van der Waals surface area contributed by atoms with Crippen molar-refractivity contribution < 1.29 is 5.11 Å². The van der Waals surface area contributed by atoms with Crippen molar-refractivity contribution in [3.8, 4) is 0 Å². The third kappa shape index (κ3) is 5.03. The van der Waals surface area contributed by atoms with Gasteiger partial charge >= 0.3 is 0 Å². The van der Waals surface area contributed by atoms with Gasteiger partial charge in [0.05, 0.1) is 6.54 Å². The number of likely N-dealkylation sites (N-methyl/N-ethyl adjacent to an activating group) is 1. The summed E-state index contributed by atoms with van der Waals surface area (Å²) < 4.78 is 2.27. The maximum absolute atomic E-state index is 9.87. The van der Waals surface area contributed by atoms with Gasteiger partial charge in [0.15, 0.2) is 0 Å². The van der Waals surface area contributed by atoms with Gasteiger partial charge in [0.25, 0.3) is 0 Å². The van der Waals surface area contributed by atoms with Crippen LogP contribution in [0.1, 0.15) is 25.6 Å². The molecule has 0 radical (unpaired) electrons. The van der Waals surface area contributed by atoms with Crippen LogP contribution in [0.3, 0.4) is 0 Å². The second-order valence-corrected chi connectivity index (χ2v) is 7.89. The van der Waals surface area contributed by atoms with Gasteiger partial charge < -0.3 is 19.5 Å². The fourth-order valence-corrected chi connectivity index (χ4v) is 4.33. The molecule has 2 saturated heterocycles. The normalized spacial score (nSPS) is 27.0. The van der Waals surface area contributed by atoms with Crippen LogP contribution in [0, 0.1) is 11.8 Å². The first-order valence-corrected chi connectivity index (χ1v) is 9.93. The van der Waals surface area contributed by atoms with Gasteiger partial charge in [-0.15, -0.1) is 0 Å². The number of nitrogens with zero attached hydrogens (tertiary/aromatic N) is 5. The molecule has 3 rings (SSSR count). The zero-order chi connectivity index (χ0) is 17.6. The van der Waals surface area contributed by atoms with Crippen LogP contribution < -0.4 is 0 Å². The van der Waals surface area contributed by atoms with Gasteiger partial charge in [-0.1, -0.05) is 6.92 Å². The maximum Gasteiger partial charge on any atom is 0.122 e. The molecule has 6 heteroatoms. The first-order chi connectivity index (χ1) is 12.2. The summed E-state index contributed by atoms with van der Waals surface area (Å²) in [5, 5.41) is 9.87. The van der Waals surface area contributed by atoms with Gasteiger partial charge in [-0.3, -0.25) is 4.90 Å². The summed E-state index contributed by atoms with van der Waals surface area (Å²) in [5.74, 6) is 2.13. The molecule has 1 N–H and O–H groups in total. The van der Waals surface area contributed by atoms with Crippen molar-refractivity contribution in [2.75, 3.05) is 59.5 Å². The molecule has 142 valence electrons. The van der Waals surface area contributed by atoms with Crippen LogP contribution in [-0.4, -0.2) is 88.8 Å². The summed E-state index contributed by atoms with van der Waals surface area (Å²) in [6.07, 6.45) is 6.39. The summed E-state index contributed by atoms with van der Waals surface area (Å²) in [5.41, 5.74) is 0. The van der Waals surface area contributed by atoms with E-state index in [0.29, 0.717) is 18.4 Å². The molecule has 3 heterocycles. The molecule has 1 aromatic rings. The monoisotopic (exact) mass is 349 g/mol. The van der Waals surface area contributed by atoms with Gasteiger partial charge in [-0.2, -0.15) is 0 Å². The molecule has 0 aliphatic carbocycles. The van der Waals surface area contributed by atoms with Gasteiger partial charge in [-0.25, -0.2) is 4.98 Å². The number of hydrogen-bond donors (Lipinski definition) is 1. The van der Waals surface area contributed by atoms with Crippen molar-refractivity contribution in [2.45, 2.75) is 32.9 Å². The van der Waals surface area contributed by atoms with E-state index in [4.69, 9.17) is 0 Å². The zero-order valence-electron chi connectivity index (χ0n) is 16.0. The number of rotatable bonds is 7. The van der Waals surface area contributed by atoms with E-state index in [1.54, 1.807) is 0 Å². The van der Waals surface area contributed by atoms with Crippen molar-refractivity contribution in [3.05, 3.63) is 18.2 Å². The SMILES string of the molecule is CCCn1ccnc1CN1C[C@@H](CN2CCCN(C)CC2)[C@@H](CO)C1.